The molecule has 204 valence electrons. The van der Waals surface area contributed by atoms with Gasteiger partial charge in [-0.3, -0.25) is 4.79 Å². The third-order valence-electron chi connectivity index (χ3n) is 6.67. The number of halogens is 2. The molecule has 1 atom stereocenters. The first-order chi connectivity index (χ1) is 19.4. The van der Waals surface area contributed by atoms with Gasteiger partial charge in [0.15, 0.2) is 5.83 Å². The Balaban J connectivity index is 1.30. The van der Waals surface area contributed by atoms with Gasteiger partial charge in [0.2, 0.25) is 0 Å². The fraction of sp³-hybridized carbons (Fsp3) is 0.226. The molecule has 0 spiro atoms. The molecule has 0 radical (unpaired) electrons. The van der Waals surface area contributed by atoms with E-state index in [1.54, 1.807) is 48.6 Å². The highest BCUT2D eigenvalue weighted by Crippen LogP contribution is 2.28. The number of nitrogens with one attached hydrogen (secondary N) is 2. The third kappa shape index (κ3) is 6.30. The predicted octanol–water partition coefficient (Wildman–Crippen LogP) is 5.57. The minimum absolute atomic E-state index is 0.00741. The average molecular weight is 545 g/mol. The molecule has 2 aromatic rings. The number of carboxylic acid groups (broad SMARTS) is 1. The van der Waals surface area contributed by atoms with Crippen molar-refractivity contribution in [2.75, 3.05) is 6.61 Å². The van der Waals surface area contributed by atoms with Gasteiger partial charge in [-0.1, -0.05) is 30.0 Å². The van der Waals surface area contributed by atoms with Crippen molar-refractivity contribution in [1.29, 1.82) is 0 Å². The maximum atomic E-state index is 14.1. The van der Waals surface area contributed by atoms with Gasteiger partial charge in [0, 0.05) is 29.6 Å². The second kappa shape index (κ2) is 12.0. The van der Waals surface area contributed by atoms with Crippen LogP contribution in [0.15, 0.2) is 94.9 Å². The van der Waals surface area contributed by atoms with Gasteiger partial charge < -0.3 is 24.9 Å². The Morgan fingerprint density at radius 1 is 1.23 bits per heavy atom. The summed E-state index contributed by atoms with van der Waals surface area (Å²) in [5.74, 6) is -2.01. The molecule has 1 aromatic carbocycles. The zero-order chi connectivity index (χ0) is 28.1. The summed E-state index contributed by atoms with van der Waals surface area (Å²) in [5, 5.41) is 12.2. The van der Waals surface area contributed by atoms with Gasteiger partial charge >= 0.3 is 5.97 Å². The number of aromatic carboxylic acids is 1. The Morgan fingerprint density at radius 3 is 2.88 bits per heavy atom. The lowest BCUT2D eigenvalue weighted by atomic mass is 9.98. The summed E-state index contributed by atoms with van der Waals surface area (Å²) in [7, 11) is 0. The van der Waals surface area contributed by atoms with Gasteiger partial charge in [0.05, 0.1) is 30.7 Å². The Kier molecular flexibility index (Phi) is 8.08. The molecule has 0 saturated carbocycles. The number of hydrogen-bond donors (Lipinski definition) is 3. The lowest BCUT2D eigenvalue weighted by Gasteiger charge is -2.23. The van der Waals surface area contributed by atoms with Crippen LogP contribution in [-0.4, -0.2) is 34.7 Å². The van der Waals surface area contributed by atoms with Crippen molar-refractivity contribution in [2.24, 2.45) is 0 Å². The quantitative estimate of drug-likeness (QED) is 0.340. The Morgan fingerprint density at radius 2 is 2.08 bits per heavy atom. The van der Waals surface area contributed by atoms with Crippen molar-refractivity contribution in [1.82, 2.24) is 10.3 Å². The van der Waals surface area contributed by atoms with E-state index >= 15 is 0 Å². The number of ether oxygens (including phenoxy) is 2. The van der Waals surface area contributed by atoms with Crippen molar-refractivity contribution in [2.45, 2.75) is 38.4 Å². The summed E-state index contributed by atoms with van der Waals surface area (Å²) < 4.78 is 39.9. The molecule has 1 heterocycles. The molecule has 9 heteroatoms. The Bertz CT molecular complexity index is 1580. The van der Waals surface area contributed by atoms with Crippen LogP contribution >= 0.6 is 0 Å². The lowest BCUT2D eigenvalue weighted by Crippen LogP contribution is -2.29. The summed E-state index contributed by atoms with van der Waals surface area (Å²) >= 11 is 0. The van der Waals surface area contributed by atoms with Crippen molar-refractivity contribution in [3.8, 4) is 0 Å². The zero-order valence-corrected chi connectivity index (χ0v) is 21.4. The van der Waals surface area contributed by atoms with Crippen molar-refractivity contribution in [3.05, 3.63) is 123 Å². The monoisotopic (exact) mass is 544 g/mol. The maximum absolute atomic E-state index is 14.1. The number of carbonyl (C=O) groups excluding carboxylic acids is 1. The predicted molar refractivity (Wildman–Crippen MR) is 143 cm³/mol. The average Bonchev–Trinajstić information content (AvgIpc) is 3.40. The van der Waals surface area contributed by atoms with Gasteiger partial charge in [-0.05, 0) is 60.6 Å². The SMILES string of the molecule is O=C(NC1=CCCc2cc(C(=O)O)[nH]c21)C1=CC(OCCC2=CC=C=C=C2F)=CC(OCc2ccccc2F)C1. The molecule has 7 nitrogen and oxygen atoms in total. The standard InChI is InChI=1S/C31H26F2N2O5/c32-25-9-3-1-6-19(25)12-13-39-23-14-22(15-24(17-23)40-18-21-7-2-4-10-26(21)33)30(36)35-27-11-5-8-20-16-28(31(37)38)34-29(20)27/h1-2,4,6-7,10-11,14,16-17,24,34H,5,8,12-13,15,18H2,(H,35,36)(H,37,38). The van der Waals surface area contributed by atoms with Gasteiger partial charge in [0.25, 0.3) is 5.91 Å². The number of aromatic amines is 1. The number of aryl methyl sites for hydroxylation is 1. The number of benzene rings is 1. The van der Waals surface area contributed by atoms with Gasteiger partial charge in [-0.25, -0.2) is 9.18 Å². The second-order valence-electron chi connectivity index (χ2n) is 9.42. The molecule has 1 amide bonds. The Hall–Kier alpha value is -4.68. The molecular weight excluding hydrogens is 518 g/mol. The number of amides is 1. The normalized spacial score (nSPS) is 17.6. The summed E-state index contributed by atoms with van der Waals surface area (Å²) in [6.45, 7) is 0.132. The maximum Gasteiger partial charge on any atom is 0.352 e. The molecule has 5 rings (SSSR count). The Labute approximate surface area is 229 Å². The van der Waals surface area contributed by atoms with Crippen molar-refractivity contribution in [3.63, 3.8) is 0 Å². The summed E-state index contributed by atoms with van der Waals surface area (Å²) in [4.78, 5) is 27.7. The van der Waals surface area contributed by atoms with Crippen LogP contribution in [0.4, 0.5) is 8.78 Å². The first kappa shape index (κ1) is 26.9. The van der Waals surface area contributed by atoms with E-state index in [4.69, 9.17) is 9.47 Å². The number of fused-ring (bicyclic) bond motifs is 1. The van der Waals surface area contributed by atoms with E-state index < -0.39 is 29.6 Å². The van der Waals surface area contributed by atoms with Gasteiger partial charge in [0.1, 0.15) is 17.3 Å². The van der Waals surface area contributed by atoms with Crippen LogP contribution in [0.1, 0.15) is 46.6 Å². The fourth-order valence-corrected chi connectivity index (χ4v) is 4.62. The molecule has 1 aromatic heterocycles. The molecule has 3 N–H and O–H groups in total. The molecule has 3 aliphatic rings. The lowest BCUT2D eigenvalue weighted by molar-refractivity contribution is -0.116. The molecular formula is C31H26F2N2O5. The first-order valence-corrected chi connectivity index (χ1v) is 12.8. The molecule has 0 aliphatic heterocycles. The zero-order valence-electron chi connectivity index (χ0n) is 21.4. The van der Waals surface area contributed by atoms with Crippen LogP contribution in [0.25, 0.3) is 5.70 Å². The molecule has 0 bridgehead atoms. The molecule has 0 saturated heterocycles. The van der Waals surface area contributed by atoms with Gasteiger partial charge in [-0.15, -0.1) is 0 Å². The van der Waals surface area contributed by atoms with E-state index in [-0.39, 0.29) is 31.7 Å². The summed E-state index contributed by atoms with van der Waals surface area (Å²) in [6, 6.07) is 7.86. The van der Waals surface area contributed by atoms with Crippen LogP contribution in [0.5, 0.6) is 0 Å². The topological polar surface area (TPSA) is 101 Å². The van der Waals surface area contributed by atoms with E-state index in [1.165, 1.54) is 6.07 Å². The smallest absolute Gasteiger partial charge is 0.352 e. The minimum atomic E-state index is -1.08. The minimum Gasteiger partial charge on any atom is -0.493 e. The van der Waals surface area contributed by atoms with Crippen LogP contribution in [0.3, 0.4) is 0 Å². The fourth-order valence-electron chi connectivity index (χ4n) is 4.62. The van der Waals surface area contributed by atoms with E-state index in [2.05, 4.69) is 21.8 Å². The summed E-state index contributed by atoms with van der Waals surface area (Å²) in [6.07, 6.45) is 9.52. The number of carboxylic acids is 1. The molecule has 1 unspecified atom stereocenters. The third-order valence-corrected chi connectivity index (χ3v) is 6.67. The van der Waals surface area contributed by atoms with Gasteiger partial charge in [-0.2, -0.15) is 4.39 Å². The summed E-state index contributed by atoms with van der Waals surface area (Å²) in [5.41, 5.74) is 8.04. The highest BCUT2D eigenvalue weighted by atomic mass is 19.1. The van der Waals surface area contributed by atoms with Crippen LogP contribution < -0.4 is 5.32 Å². The number of rotatable bonds is 10. The van der Waals surface area contributed by atoms with E-state index in [9.17, 15) is 23.5 Å². The second-order valence-corrected chi connectivity index (χ2v) is 9.42. The first-order valence-electron chi connectivity index (χ1n) is 12.8. The van der Waals surface area contributed by atoms with Crippen molar-refractivity contribution < 1.29 is 33.0 Å². The van der Waals surface area contributed by atoms with Crippen LogP contribution in [0.2, 0.25) is 0 Å². The largest absolute Gasteiger partial charge is 0.493 e. The number of carbonyl (C=O) groups is 2. The van der Waals surface area contributed by atoms with Crippen LogP contribution in [0, 0.1) is 5.82 Å². The van der Waals surface area contributed by atoms with E-state index in [0.717, 1.165) is 5.56 Å². The van der Waals surface area contributed by atoms with Crippen molar-refractivity contribution >= 4 is 17.6 Å². The molecule has 3 aliphatic carbocycles. The highest BCUT2D eigenvalue weighted by Gasteiger charge is 2.25. The number of H-pyrrole nitrogens is 1. The number of allylic oxidation sites excluding steroid dienone is 5. The number of hydrogen-bond acceptors (Lipinski definition) is 4. The molecule has 0 fully saturated rings. The number of aromatic nitrogens is 1. The van der Waals surface area contributed by atoms with Crippen LogP contribution in [-0.2, 0) is 27.3 Å². The van der Waals surface area contributed by atoms with E-state index in [0.29, 0.717) is 46.7 Å². The van der Waals surface area contributed by atoms with E-state index in [1.807, 2.05) is 6.08 Å². The highest BCUT2D eigenvalue weighted by molar-refractivity contribution is 6.00. The molecule has 40 heavy (non-hydrogen) atoms.